The summed E-state index contributed by atoms with van der Waals surface area (Å²) in [7, 11) is 6.57. The SMILES string of the molecule is [B][C@@H]1O[C@@]2(CCSP(C)(=S)SC2)[C@H](OPC)C1C. The molecule has 1 spiro atoms. The van der Waals surface area contributed by atoms with E-state index in [9.17, 15) is 0 Å². The van der Waals surface area contributed by atoms with E-state index >= 15 is 0 Å². The Morgan fingerprint density at radius 2 is 2.28 bits per heavy atom. The van der Waals surface area contributed by atoms with Gasteiger partial charge in [-0.05, 0) is 19.8 Å². The minimum absolute atomic E-state index is 0.122. The molecule has 2 rings (SSSR count). The average Bonchev–Trinajstić information content (AvgIpc) is 2.45. The van der Waals surface area contributed by atoms with Crippen LogP contribution in [0.4, 0.5) is 0 Å². The van der Waals surface area contributed by atoms with E-state index in [1.54, 1.807) is 0 Å². The van der Waals surface area contributed by atoms with Crippen molar-refractivity contribution in [2.75, 3.05) is 24.8 Å². The molecule has 2 heterocycles. The molecule has 2 fully saturated rings. The fourth-order valence-electron chi connectivity index (χ4n) is 2.48. The van der Waals surface area contributed by atoms with Crippen molar-refractivity contribution in [1.82, 2.24) is 0 Å². The van der Waals surface area contributed by atoms with Crippen LogP contribution in [0, 0.1) is 5.92 Å². The van der Waals surface area contributed by atoms with Crippen molar-refractivity contribution in [2.45, 2.75) is 31.1 Å². The van der Waals surface area contributed by atoms with Gasteiger partial charge in [-0.1, -0.05) is 18.7 Å². The molecule has 0 aromatic heterocycles. The third-order valence-corrected chi connectivity index (χ3v) is 13.5. The molecule has 102 valence electrons. The molecule has 2 saturated heterocycles. The Bertz CT molecular complexity index is 360. The summed E-state index contributed by atoms with van der Waals surface area (Å²) in [5.41, 5.74) is -0.212. The molecular weight excluding hydrogens is 321 g/mol. The normalized spacial score (nSPS) is 50.1. The number of hydrogen-bond donors (Lipinski definition) is 0. The molecule has 18 heavy (non-hydrogen) atoms. The minimum atomic E-state index is -1.30. The smallest absolute Gasteiger partial charge is 0.109 e. The van der Waals surface area contributed by atoms with Crippen LogP contribution in [0.25, 0.3) is 0 Å². The van der Waals surface area contributed by atoms with E-state index < -0.39 is 4.44 Å². The Kier molecular flexibility index (Phi) is 5.61. The second kappa shape index (κ2) is 6.26. The zero-order chi connectivity index (χ0) is 13.4. The van der Waals surface area contributed by atoms with E-state index in [2.05, 4.69) is 20.3 Å². The first-order valence-electron chi connectivity index (χ1n) is 6.03. The standard InChI is InChI=1S/C10H19BO2P2S3/c1-7-8(13-14-2)10(12-9(7)11)4-5-17-15(3,16)18-6-10/h7-9,14H,4-6H2,1-3H3/t7?,8-,9-,10-,15?/m1/s1. The van der Waals surface area contributed by atoms with E-state index in [0.29, 0.717) is 8.81 Å². The third kappa shape index (κ3) is 3.32. The second-order valence-electron chi connectivity index (χ2n) is 4.88. The summed E-state index contributed by atoms with van der Waals surface area (Å²) in [6, 6.07) is -0.204. The van der Waals surface area contributed by atoms with Crippen LogP contribution in [0.2, 0.25) is 0 Å². The fraction of sp³-hybridized carbons (Fsp3) is 1.00. The van der Waals surface area contributed by atoms with E-state index in [0.717, 1.165) is 17.9 Å². The Labute approximate surface area is 126 Å². The maximum absolute atomic E-state index is 6.14. The lowest BCUT2D eigenvalue weighted by molar-refractivity contribution is -0.0375. The van der Waals surface area contributed by atoms with Gasteiger partial charge >= 0.3 is 0 Å². The molecule has 2 radical (unpaired) electrons. The number of ether oxygens (including phenoxy) is 1. The van der Waals surface area contributed by atoms with Crippen molar-refractivity contribution in [3.63, 3.8) is 0 Å². The highest BCUT2D eigenvalue weighted by Crippen LogP contribution is 2.70. The molecular formula is C10H19BO2P2S3. The molecule has 0 N–H and O–H groups in total. The zero-order valence-corrected chi connectivity index (χ0v) is 15.3. The van der Waals surface area contributed by atoms with Crippen LogP contribution in [-0.4, -0.2) is 50.4 Å². The van der Waals surface area contributed by atoms with Crippen molar-refractivity contribution < 1.29 is 9.26 Å². The first-order valence-corrected chi connectivity index (χ1v) is 13.9. The van der Waals surface area contributed by atoms with Gasteiger partial charge in [0.05, 0.1) is 10.5 Å². The largest absolute Gasteiger partial charge is 0.378 e. The molecule has 0 aliphatic carbocycles. The number of hydrogen-bond acceptors (Lipinski definition) is 5. The lowest BCUT2D eigenvalue weighted by Crippen LogP contribution is -2.44. The summed E-state index contributed by atoms with van der Waals surface area (Å²) in [6.07, 6.45) is 1.13. The number of rotatable bonds is 2. The molecule has 2 nitrogen and oxygen atoms in total. The van der Waals surface area contributed by atoms with Gasteiger partial charge < -0.3 is 9.26 Å². The van der Waals surface area contributed by atoms with Gasteiger partial charge in [-0.25, -0.2) is 0 Å². The monoisotopic (exact) mass is 340 g/mol. The first kappa shape index (κ1) is 16.1. The zero-order valence-electron chi connectivity index (χ0n) is 10.9. The quantitative estimate of drug-likeness (QED) is 0.565. The van der Waals surface area contributed by atoms with Crippen LogP contribution in [-0.2, 0) is 21.1 Å². The summed E-state index contributed by atoms with van der Waals surface area (Å²) in [5, 5.41) is 0. The molecule has 3 unspecified atom stereocenters. The van der Waals surface area contributed by atoms with Crippen molar-refractivity contribution in [3.05, 3.63) is 0 Å². The Morgan fingerprint density at radius 3 is 2.94 bits per heavy atom. The van der Waals surface area contributed by atoms with Crippen molar-refractivity contribution in [1.29, 1.82) is 0 Å². The highest BCUT2D eigenvalue weighted by molar-refractivity contribution is 9.00. The molecule has 2 aliphatic heterocycles. The van der Waals surface area contributed by atoms with Crippen molar-refractivity contribution in [3.8, 4) is 0 Å². The third-order valence-electron chi connectivity index (χ3n) is 3.52. The van der Waals surface area contributed by atoms with Gasteiger partial charge in [-0.3, -0.25) is 0 Å². The van der Waals surface area contributed by atoms with Gasteiger partial charge in [0.1, 0.15) is 13.4 Å². The molecule has 0 amide bonds. The molecule has 0 aromatic carbocycles. The highest BCUT2D eigenvalue weighted by atomic mass is 33.2. The van der Waals surface area contributed by atoms with Crippen LogP contribution in [0.1, 0.15) is 13.3 Å². The minimum Gasteiger partial charge on any atom is -0.378 e. The van der Waals surface area contributed by atoms with E-state index in [1.807, 2.05) is 22.8 Å². The van der Waals surface area contributed by atoms with Gasteiger partial charge in [0.15, 0.2) is 0 Å². The van der Waals surface area contributed by atoms with Gasteiger partial charge in [0.2, 0.25) is 0 Å². The summed E-state index contributed by atoms with van der Waals surface area (Å²) < 4.78 is 10.8. The average molecular weight is 340 g/mol. The van der Waals surface area contributed by atoms with E-state index in [4.69, 9.17) is 28.9 Å². The summed E-state index contributed by atoms with van der Waals surface area (Å²) in [6.45, 7) is 6.41. The molecule has 8 heteroatoms. The lowest BCUT2D eigenvalue weighted by atomic mass is 9.83. The Hall–Kier alpha value is 1.76. The molecule has 6 atom stereocenters. The predicted molar refractivity (Wildman–Crippen MR) is 91.4 cm³/mol. The van der Waals surface area contributed by atoms with Crippen LogP contribution >= 0.6 is 36.0 Å². The first-order chi connectivity index (χ1) is 8.40. The highest BCUT2D eigenvalue weighted by Gasteiger charge is 2.53. The van der Waals surface area contributed by atoms with E-state index in [-0.39, 0.29) is 23.6 Å². The summed E-state index contributed by atoms with van der Waals surface area (Å²) in [5.74, 6) is 2.25. The molecule has 0 aromatic rings. The van der Waals surface area contributed by atoms with Gasteiger partial charge in [0, 0.05) is 32.2 Å². The second-order valence-corrected chi connectivity index (χ2v) is 18.5. The summed E-state index contributed by atoms with van der Waals surface area (Å²) in [4.78, 5) is 0. The molecule has 0 saturated carbocycles. The van der Waals surface area contributed by atoms with Gasteiger partial charge in [-0.2, -0.15) is 0 Å². The Balaban J connectivity index is 2.20. The Morgan fingerprint density at radius 1 is 1.56 bits per heavy atom. The topological polar surface area (TPSA) is 18.5 Å². The lowest BCUT2D eigenvalue weighted by Gasteiger charge is -2.33. The van der Waals surface area contributed by atoms with Crippen LogP contribution in [0.5, 0.6) is 0 Å². The maximum atomic E-state index is 6.14. The predicted octanol–water partition coefficient (Wildman–Crippen LogP) is 3.30. The van der Waals surface area contributed by atoms with E-state index in [1.165, 1.54) is 0 Å². The van der Waals surface area contributed by atoms with Crippen LogP contribution in [0.15, 0.2) is 0 Å². The molecule has 2 aliphatic rings. The van der Waals surface area contributed by atoms with Crippen molar-refractivity contribution in [2.24, 2.45) is 5.92 Å². The summed E-state index contributed by atoms with van der Waals surface area (Å²) >= 11 is 9.52. The van der Waals surface area contributed by atoms with Crippen LogP contribution < -0.4 is 0 Å². The fourth-order valence-corrected chi connectivity index (χ4v) is 10.6. The van der Waals surface area contributed by atoms with Gasteiger partial charge in [0.25, 0.3) is 0 Å². The van der Waals surface area contributed by atoms with Crippen LogP contribution in [0.3, 0.4) is 0 Å². The van der Waals surface area contributed by atoms with Crippen molar-refractivity contribution >= 4 is 55.7 Å². The molecule has 0 bridgehead atoms. The maximum Gasteiger partial charge on any atom is 0.109 e. The van der Waals surface area contributed by atoms with Gasteiger partial charge in [-0.15, -0.1) is 22.8 Å².